The molecule has 22 heavy (non-hydrogen) atoms. The Morgan fingerprint density at radius 2 is 1.86 bits per heavy atom. The number of benzene rings is 1. The van der Waals surface area contributed by atoms with Crippen molar-refractivity contribution >= 4 is 29.1 Å². The second-order valence-corrected chi connectivity index (χ2v) is 5.96. The average molecular weight is 326 g/mol. The zero-order chi connectivity index (χ0) is 16.7. The maximum Gasteiger partial charge on any atom is 0.238 e. The minimum Gasteiger partial charge on any atom is -0.353 e. The Bertz CT molecular complexity index is 532. The second kappa shape index (κ2) is 8.76. The molecular formula is C16H24ClN3O2. The molecule has 122 valence electrons. The number of carbonyl (C=O) groups is 2. The number of halogens is 1. The molecular weight excluding hydrogens is 302 g/mol. The first-order valence-corrected chi connectivity index (χ1v) is 7.77. The summed E-state index contributed by atoms with van der Waals surface area (Å²) in [6, 6.07) is 5.54. The maximum absolute atomic E-state index is 12.1. The lowest BCUT2D eigenvalue weighted by atomic mass is 10.2. The molecule has 0 aliphatic carbocycles. The molecule has 5 nitrogen and oxygen atoms in total. The Kier molecular flexibility index (Phi) is 7.35. The monoisotopic (exact) mass is 325 g/mol. The van der Waals surface area contributed by atoms with Crippen molar-refractivity contribution in [2.45, 2.75) is 33.7 Å². The quantitative estimate of drug-likeness (QED) is 0.809. The molecule has 0 unspecified atom stereocenters. The standard InChI is InChI=1S/C16H24ClN3O2/c1-5-20(9-15(21)18-11(2)3)10-16(22)19-14-7-6-12(4)8-13(14)17/h6-8,11H,5,9-10H2,1-4H3,(H,18,21)(H,19,22). The number of nitrogens with one attached hydrogen (secondary N) is 2. The zero-order valence-corrected chi connectivity index (χ0v) is 14.3. The lowest BCUT2D eigenvalue weighted by molar-refractivity contribution is -0.123. The van der Waals surface area contributed by atoms with E-state index in [9.17, 15) is 9.59 Å². The van der Waals surface area contributed by atoms with Gasteiger partial charge in [-0.3, -0.25) is 14.5 Å². The van der Waals surface area contributed by atoms with Crippen molar-refractivity contribution in [2.24, 2.45) is 0 Å². The molecule has 1 aromatic carbocycles. The Labute approximate surface area is 137 Å². The molecule has 1 aromatic rings. The summed E-state index contributed by atoms with van der Waals surface area (Å²) in [5.74, 6) is -0.275. The second-order valence-electron chi connectivity index (χ2n) is 5.56. The largest absolute Gasteiger partial charge is 0.353 e. The van der Waals surface area contributed by atoms with Gasteiger partial charge in [-0.05, 0) is 45.0 Å². The fraction of sp³-hybridized carbons (Fsp3) is 0.500. The van der Waals surface area contributed by atoms with Crippen molar-refractivity contribution in [2.75, 3.05) is 25.0 Å². The summed E-state index contributed by atoms with van der Waals surface area (Å²) in [6.45, 7) is 8.61. The van der Waals surface area contributed by atoms with Crippen molar-refractivity contribution in [3.63, 3.8) is 0 Å². The summed E-state index contributed by atoms with van der Waals surface area (Å²) in [5.41, 5.74) is 1.61. The Balaban J connectivity index is 2.56. The van der Waals surface area contributed by atoms with Crippen LogP contribution < -0.4 is 10.6 Å². The summed E-state index contributed by atoms with van der Waals surface area (Å²) >= 11 is 6.09. The minimum atomic E-state index is -0.190. The van der Waals surface area contributed by atoms with E-state index in [0.717, 1.165) is 5.56 Å². The van der Waals surface area contributed by atoms with Crippen LogP contribution in [0.4, 0.5) is 5.69 Å². The minimum absolute atomic E-state index is 0.0852. The molecule has 0 aliphatic rings. The molecule has 0 saturated carbocycles. The molecule has 0 atom stereocenters. The van der Waals surface area contributed by atoms with Crippen molar-refractivity contribution < 1.29 is 9.59 Å². The van der Waals surface area contributed by atoms with Gasteiger partial charge in [-0.1, -0.05) is 24.6 Å². The van der Waals surface area contributed by atoms with Crippen molar-refractivity contribution in [3.8, 4) is 0 Å². The van der Waals surface area contributed by atoms with Crippen LogP contribution in [0, 0.1) is 6.92 Å². The van der Waals surface area contributed by atoms with E-state index >= 15 is 0 Å². The lowest BCUT2D eigenvalue weighted by Gasteiger charge is -2.20. The third-order valence-corrected chi connectivity index (χ3v) is 3.34. The van der Waals surface area contributed by atoms with E-state index in [1.54, 1.807) is 17.0 Å². The number of anilines is 1. The van der Waals surface area contributed by atoms with Crippen LogP contribution in [0.15, 0.2) is 18.2 Å². The lowest BCUT2D eigenvalue weighted by Crippen LogP contribution is -2.42. The van der Waals surface area contributed by atoms with Crippen molar-refractivity contribution in [3.05, 3.63) is 28.8 Å². The van der Waals surface area contributed by atoms with E-state index in [4.69, 9.17) is 11.6 Å². The first-order chi connectivity index (χ1) is 10.3. The van der Waals surface area contributed by atoms with E-state index < -0.39 is 0 Å². The summed E-state index contributed by atoms with van der Waals surface area (Å²) in [5, 5.41) is 6.09. The average Bonchev–Trinajstić information content (AvgIpc) is 2.40. The van der Waals surface area contributed by atoms with Crippen LogP contribution in [-0.4, -0.2) is 42.4 Å². The van der Waals surface area contributed by atoms with Gasteiger partial charge in [-0.25, -0.2) is 0 Å². The van der Waals surface area contributed by atoms with Crippen LogP contribution in [0.25, 0.3) is 0 Å². The van der Waals surface area contributed by atoms with Gasteiger partial charge in [0, 0.05) is 6.04 Å². The topological polar surface area (TPSA) is 61.4 Å². The number of hydrogen-bond acceptors (Lipinski definition) is 3. The van der Waals surface area contributed by atoms with Gasteiger partial charge in [0.25, 0.3) is 0 Å². The van der Waals surface area contributed by atoms with Gasteiger partial charge in [0.1, 0.15) is 0 Å². The molecule has 0 bridgehead atoms. The molecule has 0 saturated heterocycles. The summed E-state index contributed by atoms with van der Waals surface area (Å²) in [4.78, 5) is 25.6. The number of nitrogens with zero attached hydrogens (tertiary/aromatic N) is 1. The third kappa shape index (κ3) is 6.45. The molecule has 1 rings (SSSR count). The van der Waals surface area contributed by atoms with E-state index in [2.05, 4.69) is 10.6 Å². The van der Waals surface area contributed by atoms with Crippen molar-refractivity contribution in [1.82, 2.24) is 10.2 Å². The molecule has 0 spiro atoms. The highest BCUT2D eigenvalue weighted by atomic mass is 35.5. The number of likely N-dealkylation sites (N-methyl/N-ethyl adjacent to an activating group) is 1. The van der Waals surface area contributed by atoms with Gasteiger partial charge in [-0.15, -0.1) is 0 Å². The number of carbonyl (C=O) groups excluding carboxylic acids is 2. The maximum atomic E-state index is 12.1. The molecule has 0 radical (unpaired) electrons. The van der Waals surface area contributed by atoms with Crippen LogP contribution in [0.2, 0.25) is 5.02 Å². The smallest absolute Gasteiger partial charge is 0.238 e. The van der Waals surface area contributed by atoms with E-state index in [1.165, 1.54) is 0 Å². The van der Waals surface area contributed by atoms with E-state index in [-0.39, 0.29) is 30.9 Å². The fourth-order valence-corrected chi connectivity index (χ4v) is 2.25. The molecule has 0 heterocycles. The fourth-order valence-electron chi connectivity index (χ4n) is 1.96. The number of aryl methyl sites for hydroxylation is 1. The molecule has 2 N–H and O–H groups in total. The highest BCUT2D eigenvalue weighted by molar-refractivity contribution is 6.33. The van der Waals surface area contributed by atoms with Crippen LogP contribution in [0.1, 0.15) is 26.3 Å². The van der Waals surface area contributed by atoms with E-state index in [0.29, 0.717) is 17.3 Å². The van der Waals surface area contributed by atoms with Gasteiger partial charge in [0.05, 0.1) is 23.8 Å². The van der Waals surface area contributed by atoms with Crippen molar-refractivity contribution in [1.29, 1.82) is 0 Å². The Morgan fingerprint density at radius 3 is 2.41 bits per heavy atom. The van der Waals surface area contributed by atoms with Crippen LogP contribution in [-0.2, 0) is 9.59 Å². The Hall–Kier alpha value is -1.59. The van der Waals surface area contributed by atoms with Crippen LogP contribution in [0.3, 0.4) is 0 Å². The SMILES string of the molecule is CCN(CC(=O)Nc1ccc(C)cc1Cl)CC(=O)NC(C)C. The first-order valence-electron chi connectivity index (χ1n) is 7.39. The summed E-state index contributed by atoms with van der Waals surface area (Å²) < 4.78 is 0. The molecule has 0 aromatic heterocycles. The molecule has 2 amide bonds. The third-order valence-electron chi connectivity index (χ3n) is 3.03. The highest BCUT2D eigenvalue weighted by Crippen LogP contribution is 2.22. The summed E-state index contributed by atoms with van der Waals surface area (Å²) in [7, 11) is 0. The highest BCUT2D eigenvalue weighted by Gasteiger charge is 2.14. The van der Waals surface area contributed by atoms with E-state index in [1.807, 2.05) is 33.8 Å². The predicted octanol–water partition coefficient (Wildman–Crippen LogP) is 2.43. The number of rotatable bonds is 7. The van der Waals surface area contributed by atoms with Gasteiger partial charge >= 0.3 is 0 Å². The van der Waals surface area contributed by atoms with Crippen LogP contribution >= 0.6 is 11.6 Å². The summed E-state index contributed by atoms with van der Waals surface area (Å²) in [6.07, 6.45) is 0. The van der Waals surface area contributed by atoms with Gasteiger partial charge < -0.3 is 10.6 Å². The van der Waals surface area contributed by atoms with Crippen LogP contribution in [0.5, 0.6) is 0 Å². The normalized spacial score (nSPS) is 10.9. The zero-order valence-electron chi connectivity index (χ0n) is 13.6. The number of hydrogen-bond donors (Lipinski definition) is 2. The predicted molar refractivity (Wildman–Crippen MR) is 90.2 cm³/mol. The number of amides is 2. The van der Waals surface area contributed by atoms with Gasteiger partial charge in [0.15, 0.2) is 0 Å². The van der Waals surface area contributed by atoms with Gasteiger partial charge in [0.2, 0.25) is 11.8 Å². The van der Waals surface area contributed by atoms with Gasteiger partial charge in [-0.2, -0.15) is 0 Å². The first kappa shape index (κ1) is 18.5. The molecule has 0 aliphatic heterocycles. The Morgan fingerprint density at radius 1 is 1.23 bits per heavy atom. The molecule has 6 heteroatoms. The molecule has 0 fully saturated rings.